The van der Waals surface area contributed by atoms with E-state index in [0.717, 1.165) is 17.5 Å². The molecule has 1 heterocycles. The lowest BCUT2D eigenvalue weighted by Crippen LogP contribution is -2.57. The van der Waals surface area contributed by atoms with Gasteiger partial charge < -0.3 is 14.7 Å². The lowest BCUT2D eigenvalue weighted by molar-refractivity contribution is -0.173. The van der Waals surface area contributed by atoms with Crippen LogP contribution in [0.2, 0.25) is 10.0 Å². The summed E-state index contributed by atoms with van der Waals surface area (Å²) >= 11 is 12.2. The number of hydrogen-bond acceptors (Lipinski definition) is 3. The normalized spacial score (nSPS) is 21.3. The van der Waals surface area contributed by atoms with E-state index in [-0.39, 0.29) is 24.7 Å². The van der Waals surface area contributed by atoms with Gasteiger partial charge in [-0.05, 0) is 55.7 Å². The van der Waals surface area contributed by atoms with E-state index < -0.39 is 11.6 Å². The molecule has 1 amide bonds. The number of rotatable bonds is 6. The molecule has 1 aliphatic heterocycles. The van der Waals surface area contributed by atoms with Crippen LogP contribution in [-0.4, -0.2) is 34.2 Å². The van der Waals surface area contributed by atoms with E-state index in [1.807, 2.05) is 53.4 Å². The van der Waals surface area contributed by atoms with Crippen molar-refractivity contribution in [2.75, 3.05) is 6.61 Å². The standard InChI is InChI=1S/C23H27Cl2NO3/c1-4-5-19(23(2,3)28)26-20(27)14-29-22(16-8-12-18(25)13-9-16)21(26)15-6-10-17(24)11-7-15/h6-13,19,21-22,28H,4-5,14H2,1-3H3/t19-,21-,22+/m1/s1. The van der Waals surface area contributed by atoms with Crippen LogP contribution in [0.3, 0.4) is 0 Å². The van der Waals surface area contributed by atoms with Crippen LogP contribution >= 0.6 is 23.2 Å². The Balaban J connectivity index is 2.13. The fourth-order valence-electron chi connectivity index (χ4n) is 4.03. The number of morpholine rings is 1. The van der Waals surface area contributed by atoms with Crippen LogP contribution in [0, 0.1) is 0 Å². The third kappa shape index (κ3) is 4.95. The number of benzene rings is 2. The number of hydrogen-bond donors (Lipinski definition) is 1. The molecule has 0 spiro atoms. The molecule has 0 aliphatic carbocycles. The maximum atomic E-state index is 13.1. The summed E-state index contributed by atoms with van der Waals surface area (Å²) in [6, 6.07) is 14.2. The van der Waals surface area contributed by atoms with Gasteiger partial charge in [0.1, 0.15) is 12.7 Å². The van der Waals surface area contributed by atoms with Crippen molar-refractivity contribution in [2.45, 2.75) is 57.4 Å². The molecule has 4 nitrogen and oxygen atoms in total. The monoisotopic (exact) mass is 435 g/mol. The summed E-state index contributed by atoms with van der Waals surface area (Å²) in [5.74, 6) is -0.129. The van der Waals surface area contributed by atoms with Gasteiger partial charge in [0.15, 0.2) is 0 Å². The molecule has 0 saturated carbocycles. The number of aliphatic hydroxyl groups is 1. The summed E-state index contributed by atoms with van der Waals surface area (Å²) in [7, 11) is 0. The third-order valence-electron chi connectivity index (χ3n) is 5.38. The van der Waals surface area contributed by atoms with Gasteiger partial charge in [0.05, 0.1) is 17.7 Å². The van der Waals surface area contributed by atoms with E-state index in [1.165, 1.54) is 0 Å². The second kappa shape index (κ2) is 9.05. The van der Waals surface area contributed by atoms with Gasteiger partial charge in [-0.25, -0.2) is 0 Å². The Kier molecular flexibility index (Phi) is 6.90. The number of amides is 1. The largest absolute Gasteiger partial charge is 0.388 e. The van der Waals surface area contributed by atoms with Crippen LogP contribution in [0.15, 0.2) is 48.5 Å². The van der Waals surface area contributed by atoms with Gasteiger partial charge in [-0.1, -0.05) is 60.8 Å². The fourth-order valence-corrected chi connectivity index (χ4v) is 4.28. The number of carbonyl (C=O) groups excluding carboxylic acids is 1. The van der Waals surface area contributed by atoms with Crippen molar-refractivity contribution in [3.63, 3.8) is 0 Å². The number of carbonyl (C=O) groups is 1. The zero-order chi connectivity index (χ0) is 21.2. The average molecular weight is 436 g/mol. The molecule has 1 saturated heterocycles. The zero-order valence-electron chi connectivity index (χ0n) is 16.9. The Bertz CT molecular complexity index is 831. The minimum atomic E-state index is -1.06. The van der Waals surface area contributed by atoms with Gasteiger partial charge in [-0.15, -0.1) is 0 Å². The minimum Gasteiger partial charge on any atom is -0.388 e. The zero-order valence-corrected chi connectivity index (χ0v) is 18.5. The maximum absolute atomic E-state index is 13.1. The van der Waals surface area contributed by atoms with Crippen LogP contribution in [0.1, 0.15) is 56.9 Å². The smallest absolute Gasteiger partial charge is 0.249 e. The lowest BCUT2D eigenvalue weighted by Gasteiger charge is -2.48. The number of halogens is 2. The van der Waals surface area contributed by atoms with E-state index in [4.69, 9.17) is 27.9 Å². The molecule has 29 heavy (non-hydrogen) atoms. The summed E-state index contributed by atoms with van der Waals surface area (Å²) in [6.45, 7) is 5.53. The number of nitrogens with zero attached hydrogens (tertiary/aromatic N) is 1. The van der Waals surface area contributed by atoms with Gasteiger partial charge in [-0.2, -0.15) is 0 Å². The highest BCUT2D eigenvalue weighted by molar-refractivity contribution is 6.30. The Morgan fingerprint density at radius 2 is 1.59 bits per heavy atom. The molecule has 0 bridgehead atoms. The lowest BCUT2D eigenvalue weighted by atomic mass is 9.86. The summed E-state index contributed by atoms with van der Waals surface area (Å²) < 4.78 is 6.04. The molecular weight excluding hydrogens is 409 g/mol. The van der Waals surface area contributed by atoms with Gasteiger partial charge >= 0.3 is 0 Å². The molecule has 0 radical (unpaired) electrons. The summed E-state index contributed by atoms with van der Waals surface area (Å²) in [5.41, 5.74) is 0.781. The Morgan fingerprint density at radius 3 is 2.07 bits per heavy atom. The SMILES string of the molecule is CCC[C@@H](N1C(=O)CO[C@@H](c2ccc(Cl)cc2)[C@H]1c1ccc(Cl)cc1)C(C)(C)O. The van der Waals surface area contributed by atoms with Crippen molar-refractivity contribution < 1.29 is 14.6 Å². The first-order valence-corrected chi connectivity index (χ1v) is 10.6. The average Bonchev–Trinajstić information content (AvgIpc) is 2.67. The van der Waals surface area contributed by atoms with E-state index >= 15 is 0 Å². The second-order valence-corrected chi connectivity index (χ2v) is 8.91. The summed E-state index contributed by atoms with van der Waals surface area (Å²) in [5, 5.41) is 12.2. The van der Waals surface area contributed by atoms with E-state index in [0.29, 0.717) is 16.5 Å². The second-order valence-electron chi connectivity index (χ2n) is 8.04. The fraction of sp³-hybridized carbons (Fsp3) is 0.435. The molecule has 3 rings (SSSR count). The highest BCUT2D eigenvalue weighted by atomic mass is 35.5. The molecule has 0 unspecified atom stereocenters. The minimum absolute atomic E-state index is 0.0341. The summed E-state index contributed by atoms with van der Waals surface area (Å²) in [4.78, 5) is 14.9. The first kappa shape index (κ1) is 22.1. The Morgan fingerprint density at radius 1 is 1.07 bits per heavy atom. The highest BCUT2D eigenvalue weighted by Gasteiger charge is 2.45. The molecule has 6 heteroatoms. The van der Waals surface area contributed by atoms with Crippen molar-refractivity contribution in [1.29, 1.82) is 0 Å². The molecule has 1 N–H and O–H groups in total. The predicted octanol–water partition coefficient (Wildman–Crippen LogP) is 5.57. The Hall–Kier alpha value is -1.59. The Labute approximate surface area is 182 Å². The maximum Gasteiger partial charge on any atom is 0.249 e. The van der Waals surface area contributed by atoms with E-state index in [1.54, 1.807) is 13.8 Å². The van der Waals surface area contributed by atoms with Gasteiger partial charge in [-0.3, -0.25) is 4.79 Å². The molecule has 2 aromatic rings. The molecule has 1 fully saturated rings. The van der Waals surface area contributed by atoms with Gasteiger partial charge in [0.25, 0.3) is 0 Å². The molecule has 156 valence electrons. The van der Waals surface area contributed by atoms with Crippen molar-refractivity contribution in [2.24, 2.45) is 0 Å². The first-order valence-electron chi connectivity index (χ1n) is 9.88. The predicted molar refractivity (Wildman–Crippen MR) is 116 cm³/mol. The van der Waals surface area contributed by atoms with Crippen LogP contribution < -0.4 is 0 Å². The van der Waals surface area contributed by atoms with Crippen molar-refractivity contribution in [3.8, 4) is 0 Å². The van der Waals surface area contributed by atoms with Crippen molar-refractivity contribution >= 4 is 29.1 Å². The van der Waals surface area contributed by atoms with Gasteiger partial charge in [0.2, 0.25) is 5.91 Å². The highest BCUT2D eigenvalue weighted by Crippen LogP contribution is 2.43. The molecule has 2 aromatic carbocycles. The van der Waals surface area contributed by atoms with Crippen molar-refractivity contribution in [1.82, 2.24) is 4.90 Å². The molecular formula is C23H27Cl2NO3. The van der Waals surface area contributed by atoms with Gasteiger partial charge in [0, 0.05) is 10.0 Å². The van der Waals surface area contributed by atoms with Crippen LogP contribution in [-0.2, 0) is 9.53 Å². The molecule has 3 atom stereocenters. The van der Waals surface area contributed by atoms with Crippen LogP contribution in [0.25, 0.3) is 0 Å². The molecule has 0 aromatic heterocycles. The van der Waals surface area contributed by atoms with E-state index in [2.05, 4.69) is 6.92 Å². The van der Waals surface area contributed by atoms with E-state index in [9.17, 15) is 9.90 Å². The first-order chi connectivity index (χ1) is 13.7. The molecule has 1 aliphatic rings. The quantitative estimate of drug-likeness (QED) is 0.644. The van der Waals surface area contributed by atoms with Crippen LogP contribution in [0.4, 0.5) is 0 Å². The summed E-state index contributed by atoms with van der Waals surface area (Å²) in [6.07, 6.45) is 1.15. The number of ether oxygens (including phenoxy) is 1. The van der Waals surface area contributed by atoms with Crippen molar-refractivity contribution in [3.05, 3.63) is 69.7 Å². The third-order valence-corrected chi connectivity index (χ3v) is 5.89. The topological polar surface area (TPSA) is 49.8 Å². The van der Waals surface area contributed by atoms with Crippen LogP contribution in [0.5, 0.6) is 0 Å².